The molecule has 0 bridgehead atoms. The molecule has 1 aromatic heterocycles. The number of hydrogen-bond acceptors (Lipinski definition) is 7. The van der Waals surface area contributed by atoms with Gasteiger partial charge in [0.05, 0.1) is 15.5 Å². The third-order valence-corrected chi connectivity index (χ3v) is 10.7. The molecule has 0 aliphatic rings. The van der Waals surface area contributed by atoms with Crippen molar-refractivity contribution in [2.24, 2.45) is 4.99 Å². The lowest BCUT2D eigenvalue weighted by Gasteiger charge is -2.15. The molecule has 0 saturated carbocycles. The number of aromatic nitrogens is 1. The molecule has 34 heavy (non-hydrogen) atoms. The van der Waals surface area contributed by atoms with Crippen molar-refractivity contribution in [2.45, 2.75) is 24.3 Å². The van der Waals surface area contributed by atoms with Crippen LogP contribution in [0.3, 0.4) is 0 Å². The van der Waals surface area contributed by atoms with Crippen LogP contribution in [0, 0.1) is 0 Å². The molecule has 0 fully saturated rings. The summed E-state index contributed by atoms with van der Waals surface area (Å²) in [7, 11) is -8.63. The monoisotopic (exact) mass is 508 g/mol. The Hall–Kier alpha value is -3.27. The average Bonchev–Trinajstić information content (AvgIpc) is 2.86. The van der Waals surface area contributed by atoms with Crippen LogP contribution in [0.15, 0.2) is 134 Å². The van der Waals surface area contributed by atoms with Crippen LogP contribution in [0.5, 0.6) is 0 Å². The molecule has 0 N–H and O–H groups in total. The van der Waals surface area contributed by atoms with Crippen LogP contribution in [0.4, 0.5) is 5.69 Å². The minimum absolute atomic E-state index is 0.101. The summed E-state index contributed by atoms with van der Waals surface area (Å²) in [5.74, 6) is 0. The predicted octanol–water partition coefficient (Wildman–Crippen LogP) is 5.21. The van der Waals surface area contributed by atoms with Gasteiger partial charge in [-0.3, -0.25) is 4.99 Å². The summed E-state index contributed by atoms with van der Waals surface area (Å²) in [5.41, 5.74) is 0.368. The van der Waals surface area contributed by atoms with E-state index in [0.717, 1.165) is 11.1 Å². The standard InChI is InChI=1S/C25H20N2O4S3/c28-33(29,21-13-6-2-7-14-21)24(34(30,31)22-15-8-3-9-16-22)19-27-23-17-10-18-26-25(23)32-20-11-4-1-5-12-20/h1-19,24H. The first-order valence-corrected chi connectivity index (χ1v) is 14.1. The molecule has 0 aliphatic heterocycles. The molecular formula is C25H20N2O4S3. The van der Waals surface area contributed by atoms with Crippen LogP contribution in [0.1, 0.15) is 0 Å². The Morgan fingerprint density at radius 3 is 1.71 bits per heavy atom. The van der Waals surface area contributed by atoms with Gasteiger partial charge in [0.15, 0.2) is 0 Å². The van der Waals surface area contributed by atoms with E-state index in [4.69, 9.17) is 0 Å². The lowest BCUT2D eigenvalue weighted by molar-refractivity contribution is 0.584. The third kappa shape index (κ3) is 5.27. The van der Waals surface area contributed by atoms with Crippen molar-refractivity contribution in [1.82, 2.24) is 4.98 Å². The summed E-state index contributed by atoms with van der Waals surface area (Å²) in [4.78, 5) is 9.38. The Labute approximate surface area is 203 Å². The summed E-state index contributed by atoms with van der Waals surface area (Å²) in [6.07, 6.45) is 2.58. The number of rotatable bonds is 8. The molecule has 0 radical (unpaired) electrons. The van der Waals surface area contributed by atoms with Gasteiger partial charge in [-0.05, 0) is 48.5 Å². The Kier molecular flexibility index (Phi) is 7.26. The van der Waals surface area contributed by atoms with Crippen molar-refractivity contribution in [3.05, 3.63) is 109 Å². The van der Waals surface area contributed by atoms with Crippen LogP contribution in [-0.4, -0.2) is 32.6 Å². The lowest BCUT2D eigenvalue weighted by Crippen LogP contribution is -2.32. The molecule has 0 unspecified atom stereocenters. The van der Waals surface area contributed by atoms with Crippen molar-refractivity contribution in [2.75, 3.05) is 0 Å². The summed E-state index contributed by atoms with van der Waals surface area (Å²) >= 11 is 1.35. The highest BCUT2D eigenvalue weighted by atomic mass is 32.3. The third-order valence-electron chi connectivity index (χ3n) is 4.80. The maximum atomic E-state index is 13.5. The zero-order valence-corrected chi connectivity index (χ0v) is 20.2. The molecule has 172 valence electrons. The van der Waals surface area contributed by atoms with Crippen molar-refractivity contribution in [3.63, 3.8) is 0 Å². The highest BCUT2D eigenvalue weighted by molar-refractivity contribution is 8.10. The van der Waals surface area contributed by atoms with Gasteiger partial charge in [0.1, 0.15) is 5.03 Å². The quantitative estimate of drug-likeness (QED) is 0.303. The van der Waals surface area contributed by atoms with E-state index in [9.17, 15) is 16.8 Å². The van der Waals surface area contributed by atoms with Gasteiger partial charge >= 0.3 is 0 Å². The van der Waals surface area contributed by atoms with Gasteiger partial charge in [0, 0.05) is 17.3 Å². The minimum atomic E-state index is -4.31. The van der Waals surface area contributed by atoms with Gasteiger partial charge in [0.25, 0.3) is 0 Å². The fraction of sp³-hybridized carbons (Fsp3) is 0.0400. The Bertz CT molecular complexity index is 1420. The van der Waals surface area contributed by atoms with E-state index < -0.39 is 24.3 Å². The fourth-order valence-electron chi connectivity index (χ4n) is 3.12. The molecule has 3 aromatic carbocycles. The van der Waals surface area contributed by atoms with Gasteiger partial charge < -0.3 is 0 Å². The molecular weight excluding hydrogens is 488 g/mol. The highest BCUT2D eigenvalue weighted by Gasteiger charge is 2.38. The smallest absolute Gasteiger partial charge is 0.206 e. The number of pyridine rings is 1. The molecule has 0 aliphatic carbocycles. The first-order valence-electron chi connectivity index (χ1n) is 10.2. The molecule has 0 atom stereocenters. The highest BCUT2D eigenvalue weighted by Crippen LogP contribution is 2.33. The van der Waals surface area contributed by atoms with Gasteiger partial charge in [0.2, 0.25) is 24.3 Å². The van der Waals surface area contributed by atoms with E-state index in [0.29, 0.717) is 10.7 Å². The van der Waals surface area contributed by atoms with Crippen molar-refractivity contribution >= 4 is 43.3 Å². The molecule has 0 saturated heterocycles. The zero-order valence-electron chi connectivity index (χ0n) is 17.8. The number of hydrogen-bond donors (Lipinski definition) is 0. The molecule has 9 heteroatoms. The first-order chi connectivity index (χ1) is 16.4. The minimum Gasteiger partial charge on any atom is -0.256 e. The zero-order chi connectivity index (χ0) is 24.0. The van der Waals surface area contributed by atoms with E-state index in [2.05, 4.69) is 9.98 Å². The molecule has 0 amide bonds. The fourth-order valence-corrected chi connectivity index (χ4v) is 8.02. The number of aliphatic imine (C=N–C) groups is 1. The van der Waals surface area contributed by atoms with E-state index in [1.165, 1.54) is 36.0 Å². The number of nitrogens with zero attached hydrogens (tertiary/aromatic N) is 2. The molecule has 0 spiro atoms. The largest absolute Gasteiger partial charge is 0.256 e. The Morgan fingerprint density at radius 2 is 1.18 bits per heavy atom. The molecule has 4 rings (SSSR count). The van der Waals surface area contributed by atoms with Crippen LogP contribution in [0.2, 0.25) is 0 Å². The summed E-state index contributed by atoms with van der Waals surface area (Å²) in [6.45, 7) is 0. The molecule has 4 aromatic rings. The van der Waals surface area contributed by atoms with E-state index in [1.807, 2.05) is 30.3 Å². The first kappa shape index (κ1) is 23.9. The second-order valence-corrected chi connectivity index (χ2v) is 12.6. The van der Waals surface area contributed by atoms with Gasteiger partial charge in [-0.25, -0.2) is 21.8 Å². The summed E-state index contributed by atoms with van der Waals surface area (Å²) in [5, 5.41) is 0.526. The Morgan fingerprint density at radius 1 is 0.676 bits per heavy atom. The topological polar surface area (TPSA) is 93.5 Å². The second kappa shape index (κ2) is 10.3. The van der Waals surface area contributed by atoms with E-state index in [-0.39, 0.29) is 9.79 Å². The summed E-state index contributed by atoms with van der Waals surface area (Å²) in [6, 6.07) is 27.8. The maximum Gasteiger partial charge on any atom is 0.206 e. The molecule has 6 nitrogen and oxygen atoms in total. The second-order valence-electron chi connectivity index (χ2n) is 7.11. The van der Waals surface area contributed by atoms with E-state index in [1.54, 1.807) is 54.7 Å². The van der Waals surface area contributed by atoms with Gasteiger partial charge in [-0.2, -0.15) is 0 Å². The summed E-state index contributed by atoms with van der Waals surface area (Å²) < 4.78 is 51.9. The van der Waals surface area contributed by atoms with Crippen LogP contribution >= 0.6 is 11.8 Å². The van der Waals surface area contributed by atoms with Gasteiger partial charge in [-0.15, -0.1) is 0 Å². The predicted molar refractivity (Wildman–Crippen MR) is 134 cm³/mol. The van der Waals surface area contributed by atoms with Crippen LogP contribution < -0.4 is 0 Å². The molecule has 1 heterocycles. The van der Waals surface area contributed by atoms with Crippen molar-refractivity contribution < 1.29 is 16.8 Å². The van der Waals surface area contributed by atoms with Gasteiger partial charge in [-0.1, -0.05) is 66.4 Å². The van der Waals surface area contributed by atoms with Crippen LogP contribution in [-0.2, 0) is 19.7 Å². The Balaban J connectivity index is 1.79. The number of benzene rings is 3. The maximum absolute atomic E-state index is 13.5. The SMILES string of the molecule is O=S(=O)(c1ccccc1)C(C=Nc1cccnc1Sc1ccccc1)S(=O)(=O)c1ccccc1. The average molecular weight is 509 g/mol. The number of sulfone groups is 2. The van der Waals surface area contributed by atoms with Crippen LogP contribution in [0.25, 0.3) is 0 Å². The normalized spacial score (nSPS) is 12.3. The lowest BCUT2D eigenvalue weighted by atomic mass is 10.4. The van der Waals surface area contributed by atoms with Crippen molar-refractivity contribution in [1.29, 1.82) is 0 Å². The van der Waals surface area contributed by atoms with Crippen molar-refractivity contribution in [3.8, 4) is 0 Å². The van der Waals surface area contributed by atoms with E-state index >= 15 is 0 Å².